The number of nitrogens with one attached hydrogen (secondary N) is 1. The summed E-state index contributed by atoms with van der Waals surface area (Å²) < 4.78 is 0. The first-order valence-corrected chi connectivity index (χ1v) is 7.16. The van der Waals surface area contributed by atoms with Crippen LogP contribution in [0.4, 0.5) is 0 Å². The van der Waals surface area contributed by atoms with Crippen LogP contribution < -0.4 is 0 Å². The molecule has 1 unspecified atom stereocenters. The number of carbonyl (C=O) groups is 2. The molecule has 1 amide bonds. The summed E-state index contributed by atoms with van der Waals surface area (Å²) in [6.07, 6.45) is 5.34. The number of likely N-dealkylation sites (tertiary alicyclic amines) is 1. The zero-order valence-electron chi connectivity index (χ0n) is 10.5. The van der Waals surface area contributed by atoms with E-state index >= 15 is 0 Å². The highest BCUT2D eigenvalue weighted by molar-refractivity contribution is 8.13. The van der Waals surface area contributed by atoms with Gasteiger partial charge in [-0.1, -0.05) is 11.8 Å². The lowest BCUT2D eigenvalue weighted by molar-refractivity contribution is -0.127. The number of carbonyl (C=O) groups excluding carboxylic acids is 2. The van der Waals surface area contributed by atoms with Crippen LogP contribution in [0.15, 0.2) is 18.5 Å². The third-order valence-corrected chi connectivity index (χ3v) is 4.19. The van der Waals surface area contributed by atoms with Crippen molar-refractivity contribution in [1.82, 2.24) is 9.88 Å². The van der Waals surface area contributed by atoms with Gasteiger partial charge in [0.25, 0.3) is 0 Å². The Balaban J connectivity index is 1.76. The molecule has 1 aromatic rings. The summed E-state index contributed by atoms with van der Waals surface area (Å²) in [4.78, 5) is 27.6. The molecule has 98 valence electrons. The molecule has 0 bridgehead atoms. The third-order valence-electron chi connectivity index (χ3n) is 3.15. The molecule has 2 rings (SSSR count). The van der Waals surface area contributed by atoms with Crippen molar-refractivity contribution < 1.29 is 9.59 Å². The second-order valence-electron chi connectivity index (χ2n) is 4.68. The van der Waals surface area contributed by atoms with Crippen LogP contribution in [0.5, 0.6) is 0 Å². The van der Waals surface area contributed by atoms with Crippen molar-refractivity contribution in [1.29, 1.82) is 0 Å². The lowest BCUT2D eigenvalue weighted by atomic mass is 10.1. The van der Waals surface area contributed by atoms with Crippen LogP contribution in [0.2, 0.25) is 0 Å². The Kier molecular flexibility index (Phi) is 4.47. The molecule has 1 saturated heterocycles. The van der Waals surface area contributed by atoms with Crippen LogP contribution >= 0.6 is 11.8 Å². The van der Waals surface area contributed by atoms with Crippen LogP contribution in [0.1, 0.15) is 18.9 Å². The van der Waals surface area contributed by atoms with Crippen molar-refractivity contribution in [3.8, 4) is 0 Å². The summed E-state index contributed by atoms with van der Waals surface area (Å²) in [5.41, 5.74) is 1.23. The fourth-order valence-electron chi connectivity index (χ4n) is 2.19. The molecule has 1 atom stereocenters. The number of aromatic amines is 1. The van der Waals surface area contributed by atoms with Gasteiger partial charge < -0.3 is 9.88 Å². The van der Waals surface area contributed by atoms with Crippen molar-refractivity contribution in [2.24, 2.45) is 5.92 Å². The Morgan fingerprint density at radius 2 is 2.44 bits per heavy atom. The topological polar surface area (TPSA) is 53.2 Å². The molecule has 1 aliphatic heterocycles. The smallest absolute Gasteiger partial charge is 0.222 e. The van der Waals surface area contributed by atoms with E-state index in [2.05, 4.69) is 4.98 Å². The number of H-pyrrole nitrogens is 1. The van der Waals surface area contributed by atoms with Gasteiger partial charge in [0.1, 0.15) is 0 Å². The maximum atomic E-state index is 11.8. The number of amides is 1. The molecule has 0 saturated carbocycles. The molecule has 2 heterocycles. The summed E-state index contributed by atoms with van der Waals surface area (Å²) in [5, 5.41) is 0.133. The van der Waals surface area contributed by atoms with Gasteiger partial charge in [-0.2, -0.15) is 0 Å². The fraction of sp³-hybridized carbons (Fsp3) is 0.538. The van der Waals surface area contributed by atoms with Gasteiger partial charge in [0.2, 0.25) is 5.91 Å². The molecule has 5 heteroatoms. The van der Waals surface area contributed by atoms with Gasteiger partial charge >= 0.3 is 0 Å². The zero-order valence-corrected chi connectivity index (χ0v) is 11.3. The average Bonchev–Trinajstić information content (AvgIpc) is 2.93. The normalized spacial score (nSPS) is 19.5. The standard InChI is InChI=1S/C13H18N2O2S/c1-10(16)18-9-12-6-13(17)15(8-12)5-3-11-2-4-14-7-11/h2,4,7,12,14H,3,5-6,8-9H2,1H3. The number of hydrogen-bond acceptors (Lipinski definition) is 3. The highest BCUT2D eigenvalue weighted by Crippen LogP contribution is 2.22. The highest BCUT2D eigenvalue weighted by Gasteiger charge is 2.29. The molecule has 0 spiro atoms. The molecule has 18 heavy (non-hydrogen) atoms. The quantitative estimate of drug-likeness (QED) is 0.882. The van der Waals surface area contributed by atoms with E-state index in [-0.39, 0.29) is 11.0 Å². The number of hydrogen-bond donors (Lipinski definition) is 1. The summed E-state index contributed by atoms with van der Waals surface area (Å²) in [6, 6.07) is 2.03. The first-order chi connectivity index (χ1) is 8.65. The van der Waals surface area contributed by atoms with E-state index in [1.54, 1.807) is 6.92 Å². The fourth-order valence-corrected chi connectivity index (χ4v) is 2.89. The molecule has 1 N–H and O–H groups in total. The first kappa shape index (κ1) is 13.2. The predicted molar refractivity (Wildman–Crippen MR) is 72.3 cm³/mol. The Hall–Kier alpha value is -1.23. The third kappa shape index (κ3) is 3.63. The molecular formula is C13H18N2O2S. The maximum Gasteiger partial charge on any atom is 0.222 e. The molecule has 0 aromatic carbocycles. The molecule has 1 aliphatic rings. The highest BCUT2D eigenvalue weighted by atomic mass is 32.2. The average molecular weight is 266 g/mol. The molecule has 0 aliphatic carbocycles. The van der Waals surface area contributed by atoms with E-state index in [1.165, 1.54) is 17.3 Å². The minimum atomic E-state index is 0.133. The zero-order chi connectivity index (χ0) is 13.0. The number of aromatic nitrogens is 1. The molecular weight excluding hydrogens is 248 g/mol. The van der Waals surface area contributed by atoms with Crippen molar-refractivity contribution in [2.45, 2.75) is 19.8 Å². The second kappa shape index (κ2) is 6.09. The number of rotatable bonds is 5. The Morgan fingerprint density at radius 3 is 3.11 bits per heavy atom. The molecule has 0 radical (unpaired) electrons. The summed E-state index contributed by atoms with van der Waals surface area (Å²) >= 11 is 1.33. The van der Waals surface area contributed by atoms with E-state index in [9.17, 15) is 9.59 Å². The summed E-state index contributed by atoms with van der Waals surface area (Å²) in [7, 11) is 0. The second-order valence-corrected chi connectivity index (χ2v) is 5.88. The lowest BCUT2D eigenvalue weighted by Gasteiger charge is -2.15. The van der Waals surface area contributed by atoms with Gasteiger partial charge in [-0.3, -0.25) is 9.59 Å². The first-order valence-electron chi connectivity index (χ1n) is 6.18. The monoisotopic (exact) mass is 266 g/mol. The summed E-state index contributed by atoms with van der Waals surface area (Å²) in [6.45, 7) is 3.15. The van der Waals surface area contributed by atoms with Crippen LogP contribution in [-0.4, -0.2) is 39.7 Å². The van der Waals surface area contributed by atoms with Crippen LogP contribution in [-0.2, 0) is 16.0 Å². The Morgan fingerprint density at radius 1 is 1.61 bits per heavy atom. The number of nitrogens with zero attached hydrogens (tertiary/aromatic N) is 1. The van der Waals surface area contributed by atoms with Gasteiger partial charge in [-0.05, 0) is 24.0 Å². The SMILES string of the molecule is CC(=O)SCC1CC(=O)N(CCc2cc[nH]c2)C1. The van der Waals surface area contributed by atoms with Crippen molar-refractivity contribution in [3.63, 3.8) is 0 Å². The van der Waals surface area contributed by atoms with Gasteiger partial charge in [-0.25, -0.2) is 0 Å². The van der Waals surface area contributed by atoms with E-state index in [0.29, 0.717) is 12.3 Å². The van der Waals surface area contributed by atoms with E-state index in [0.717, 1.165) is 25.3 Å². The van der Waals surface area contributed by atoms with Gasteiger partial charge in [0, 0.05) is 44.6 Å². The largest absolute Gasteiger partial charge is 0.367 e. The van der Waals surface area contributed by atoms with E-state index in [1.807, 2.05) is 23.4 Å². The lowest BCUT2D eigenvalue weighted by Crippen LogP contribution is -2.27. The summed E-state index contributed by atoms with van der Waals surface area (Å²) in [5.74, 6) is 1.32. The Bertz CT molecular complexity index is 417. The van der Waals surface area contributed by atoms with Crippen LogP contribution in [0.3, 0.4) is 0 Å². The van der Waals surface area contributed by atoms with Crippen molar-refractivity contribution in [3.05, 3.63) is 24.0 Å². The van der Waals surface area contributed by atoms with Crippen LogP contribution in [0, 0.1) is 5.92 Å². The van der Waals surface area contributed by atoms with Gasteiger partial charge in [0.05, 0.1) is 0 Å². The van der Waals surface area contributed by atoms with Gasteiger partial charge in [0.15, 0.2) is 5.12 Å². The molecule has 1 aromatic heterocycles. The molecule has 1 fully saturated rings. The minimum absolute atomic E-state index is 0.133. The van der Waals surface area contributed by atoms with Crippen molar-refractivity contribution in [2.75, 3.05) is 18.8 Å². The number of thioether (sulfide) groups is 1. The minimum Gasteiger partial charge on any atom is -0.367 e. The van der Waals surface area contributed by atoms with Crippen LogP contribution in [0.25, 0.3) is 0 Å². The Labute approximate surface area is 111 Å². The van der Waals surface area contributed by atoms with E-state index in [4.69, 9.17) is 0 Å². The van der Waals surface area contributed by atoms with E-state index < -0.39 is 0 Å². The molecule has 4 nitrogen and oxygen atoms in total. The predicted octanol–water partition coefficient (Wildman–Crippen LogP) is 1.69. The maximum absolute atomic E-state index is 11.8. The van der Waals surface area contributed by atoms with Gasteiger partial charge in [-0.15, -0.1) is 0 Å². The van der Waals surface area contributed by atoms with Crippen molar-refractivity contribution >= 4 is 22.8 Å².